The molecule has 0 aliphatic carbocycles. The van der Waals surface area contributed by atoms with Gasteiger partial charge in [0.15, 0.2) is 7.29 Å². The Morgan fingerprint density at radius 2 is 1.58 bits per heavy atom. The van der Waals surface area contributed by atoms with Crippen LogP contribution in [-0.2, 0) is 4.57 Å². The van der Waals surface area contributed by atoms with Gasteiger partial charge in [-0.25, -0.2) is 0 Å². The van der Waals surface area contributed by atoms with Crippen LogP contribution in [0.4, 0.5) is 0 Å². The number of allylic oxidation sites excluding steroid dienone is 1. The minimum absolute atomic E-state index is 0.0287. The van der Waals surface area contributed by atoms with Crippen molar-refractivity contribution in [2.45, 2.75) is 6.04 Å². The average molecular weight is 269 g/mol. The van der Waals surface area contributed by atoms with E-state index in [9.17, 15) is 4.57 Å². The first-order valence-electron chi connectivity index (χ1n) is 6.42. The van der Waals surface area contributed by atoms with E-state index in [1.54, 1.807) is 0 Å². The van der Waals surface area contributed by atoms with Gasteiger partial charge in [0.05, 0.1) is 6.04 Å². The molecular weight excluding hydrogens is 253 g/mol. The molecule has 1 N–H and O–H groups in total. The average Bonchev–Trinajstić information content (AvgIpc) is 2.49. The fourth-order valence-electron chi connectivity index (χ4n) is 2.36. The van der Waals surface area contributed by atoms with Gasteiger partial charge in [-0.2, -0.15) is 0 Å². The first kappa shape index (κ1) is 12.4. The second kappa shape index (κ2) is 5.16. The minimum Gasteiger partial charge on any atom is -0.301 e. The quantitative estimate of drug-likeness (QED) is 0.668. The van der Waals surface area contributed by atoms with Gasteiger partial charge >= 0.3 is 0 Å². The van der Waals surface area contributed by atoms with Gasteiger partial charge in [0.1, 0.15) is 0 Å². The highest BCUT2D eigenvalue weighted by atomic mass is 31.2. The molecular formula is C16H16NOP. The van der Waals surface area contributed by atoms with E-state index >= 15 is 0 Å². The van der Waals surface area contributed by atoms with Gasteiger partial charge in [0.2, 0.25) is 0 Å². The maximum absolute atomic E-state index is 13.1. The summed E-state index contributed by atoms with van der Waals surface area (Å²) in [5.74, 6) is 0. The molecule has 3 rings (SSSR count). The van der Waals surface area contributed by atoms with E-state index in [-0.39, 0.29) is 6.04 Å². The highest BCUT2D eigenvalue weighted by molar-refractivity contribution is 7.69. The molecule has 19 heavy (non-hydrogen) atoms. The summed E-state index contributed by atoms with van der Waals surface area (Å²) >= 11 is 0. The largest absolute Gasteiger partial charge is 0.301 e. The Morgan fingerprint density at radius 3 is 2.26 bits per heavy atom. The molecule has 96 valence electrons. The first-order chi connectivity index (χ1) is 9.28. The summed E-state index contributed by atoms with van der Waals surface area (Å²) in [5.41, 5.74) is 1.15. The van der Waals surface area contributed by atoms with Gasteiger partial charge in [-0.1, -0.05) is 72.8 Å². The SMILES string of the molecule is O=P1(c2ccccc2)CC=CC(c2ccccc2)N1. The van der Waals surface area contributed by atoms with E-state index in [1.807, 2.05) is 54.6 Å². The van der Waals surface area contributed by atoms with Gasteiger partial charge in [0.25, 0.3) is 0 Å². The van der Waals surface area contributed by atoms with E-state index < -0.39 is 7.29 Å². The summed E-state index contributed by atoms with van der Waals surface area (Å²) in [6.45, 7) is 0. The van der Waals surface area contributed by atoms with Gasteiger partial charge < -0.3 is 4.57 Å². The van der Waals surface area contributed by atoms with E-state index in [2.05, 4.69) is 23.3 Å². The fourth-order valence-corrected chi connectivity index (χ4v) is 4.58. The van der Waals surface area contributed by atoms with Crippen molar-refractivity contribution in [2.75, 3.05) is 6.16 Å². The second-order valence-electron chi connectivity index (χ2n) is 4.70. The summed E-state index contributed by atoms with van der Waals surface area (Å²) in [6, 6.07) is 19.9. The van der Waals surface area contributed by atoms with E-state index in [0.717, 1.165) is 10.9 Å². The number of rotatable bonds is 2. The molecule has 3 heteroatoms. The van der Waals surface area contributed by atoms with Gasteiger partial charge in [-0.05, 0) is 5.56 Å². The molecule has 0 aromatic heterocycles. The van der Waals surface area contributed by atoms with E-state index in [4.69, 9.17) is 0 Å². The molecule has 0 spiro atoms. The Bertz CT molecular complexity index is 622. The highest BCUT2D eigenvalue weighted by Crippen LogP contribution is 2.45. The Hall–Kier alpha value is -1.63. The van der Waals surface area contributed by atoms with Crippen molar-refractivity contribution in [3.63, 3.8) is 0 Å². The molecule has 0 saturated carbocycles. The van der Waals surface area contributed by atoms with E-state index in [0.29, 0.717) is 6.16 Å². The molecule has 2 unspecified atom stereocenters. The van der Waals surface area contributed by atoms with Crippen molar-refractivity contribution in [3.8, 4) is 0 Å². The molecule has 0 fully saturated rings. The van der Waals surface area contributed by atoms with Crippen LogP contribution < -0.4 is 10.4 Å². The molecule has 0 saturated heterocycles. The summed E-state index contributed by atoms with van der Waals surface area (Å²) in [5, 5.41) is 4.23. The monoisotopic (exact) mass is 269 g/mol. The predicted molar refractivity (Wildman–Crippen MR) is 80.0 cm³/mol. The van der Waals surface area contributed by atoms with Crippen molar-refractivity contribution in [1.82, 2.24) is 5.09 Å². The third-order valence-corrected chi connectivity index (χ3v) is 5.92. The fraction of sp³-hybridized carbons (Fsp3) is 0.125. The lowest BCUT2D eigenvalue weighted by Gasteiger charge is -2.28. The first-order valence-corrected chi connectivity index (χ1v) is 8.31. The van der Waals surface area contributed by atoms with Crippen molar-refractivity contribution >= 4 is 12.6 Å². The summed E-state index contributed by atoms with van der Waals surface area (Å²) < 4.78 is 13.1. The molecule has 0 bridgehead atoms. The predicted octanol–water partition coefficient (Wildman–Crippen LogP) is 3.49. The van der Waals surface area contributed by atoms with Gasteiger partial charge in [-0.15, -0.1) is 0 Å². The maximum Gasteiger partial charge on any atom is 0.180 e. The minimum atomic E-state index is -2.52. The van der Waals surface area contributed by atoms with Crippen LogP contribution in [0.3, 0.4) is 0 Å². The zero-order chi connectivity index (χ0) is 13.1. The van der Waals surface area contributed by atoms with Crippen LogP contribution in [0.1, 0.15) is 11.6 Å². The normalized spacial score (nSPS) is 26.2. The Kier molecular flexibility index (Phi) is 3.37. The van der Waals surface area contributed by atoms with E-state index in [1.165, 1.54) is 0 Å². The number of hydrogen-bond donors (Lipinski definition) is 1. The van der Waals surface area contributed by atoms with Crippen LogP contribution >= 0.6 is 7.29 Å². The Balaban J connectivity index is 1.92. The summed E-state index contributed by atoms with van der Waals surface area (Å²) in [4.78, 5) is 0. The van der Waals surface area contributed by atoms with Crippen LogP contribution in [0, 0.1) is 0 Å². The maximum atomic E-state index is 13.1. The number of benzene rings is 2. The lowest BCUT2D eigenvalue weighted by molar-refractivity contribution is 0.566. The summed E-state index contributed by atoms with van der Waals surface area (Å²) in [6.07, 6.45) is 4.71. The molecule has 2 aromatic carbocycles. The molecule has 2 atom stereocenters. The molecule has 1 aliphatic rings. The lowest BCUT2D eigenvalue weighted by Crippen LogP contribution is -2.27. The molecule has 2 aromatic rings. The zero-order valence-corrected chi connectivity index (χ0v) is 11.5. The van der Waals surface area contributed by atoms with Crippen molar-refractivity contribution < 1.29 is 4.57 Å². The van der Waals surface area contributed by atoms with Crippen molar-refractivity contribution in [1.29, 1.82) is 0 Å². The second-order valence-corrected chi connectivity index (χ2v) is 7.32. The zero-order valence-electron chi connectivity index (χ0n) is 10.6. The van der Waals surface area contributed by atoms with Crippen LogP contribution in [0.25, 0.3) is 0 Å². The Morgan fingerprint density at radius 1 is 0.947 bits per heavy atom. The number of hydrogen-bond acceptors (Lipinski definition) is 1. The van der Waals surface area contributed by atoms with Crippen LogP contribution in [0.2, 0.25) is 0 Å². The van der Waals surface area contributed by atoms with Gasteiger partial charge in [0, 0.05) is 11.5 Å². The summed E-state index contributed by atoms with van der Waals surface area (Å²) in [7, 11) is -2.52. The van der Waals surface area contributed by atoms with Gasteiger partial charge in [-0.3, -0.25) is 5.09 Å². The third kappa shape index (κ3) is 2.56. The van der Waals surface area contributed by atoms with Crippen molar-refractivity contribution in [3.05, 3.63) is 78.4 Å². The molecule has 0 radical (unpaired) electrons. The highest BCUT2D eigenvalue weighted by Gasteiger charge is 2.29. The third-order valence-electron chi connectivity index (χ3n) is 3.37. The van der Waals surface area contributed by atoms with Crippen LogP contribution in [-0.4, -0.2) is 6.16 Å². The number of nitrogens with one attached hydrogen (secondary N) is 1. The molecule has 0 amide bonds. The molecule has 1 aliphatic heterocycles. The van der Waals surface area contributed by atoms with Crippen molar-refractivity contribution in [2.24, 2.45) is 0 Å². The molecule has 1 heterocycles. The molecule has 2 nitrogen and oxygen atoms in total. The topological polar surface area (TPSA) is 29.1 Å². The van der Waals surface area contributed by atoms with Crippen LogP contribution in [0.15, 0.2) is 72.8 Å². The van der Waals surface area contributed by atoms with Crippen LogP contribution in [0.5, 0.6) is 0 Å². The smallest absolute Gasteiger partial charge is 0.180 e. The lowest BCUT2D eigenvalue weighted by atomic mass is 10.1. The standard InChI is InChI=1S/C16H16NOP/c18-19(15-10-5-2-6-11-15)13-7-12-16(17-19)14-8-3-1-4-9-14/h1-12,16H,13H2,(H,17,18). The Labute approximate surface area is 113 Å².